The zero-order chi connectivity index (χ0) is 22.5. The molecule has 0 radical (unpaired) electrons. The molecular weight excluding hydrogens is 406 g/mol. The summed E-state index contributed by atoms with van der Waals surface area (Å²) in [6.07, 6.45) is 11.5. The Kier molecular flexibility index (Phi) is 20.8. The van der Waals surface area contributed by atoms with Gasteiger partial charge in [-0.3, -0.25) is 4.79 Å². The third-order valence-electron chi connectivity index (χ3n) is 4.67. The van der Waals surface area contributed by atoms with Crippen molar-refractivity contribution in [1.82, 2.24) is 5.32 Å². The molecule has 30 heavy (non-hydrogen) atoms. The third-order valence-corrected chi connectivity index (χ3v) is 4.99. The minimum Gasteiger partial charge on any atom is -0.480 e. The first-order chi connectivity index (χ1) is 14.5. The lowest BCUT2D eigenvalue weighted by Crippen LogP contribution is -2.45. The van der Waals surface area contributed by atoms with E-state index in [1.165, 1.54) is 51.4 Å². The van der Waals surface area contributed by atoms with Gasteiger partial charge in [0.15, 0.2) is 0 Å². The molecule has 0 aliphatic heterocycles. The highest BCUT2D eigenvalue weighted by atomic mass is 32.1. The van der Waals surface area contributed by atoms with Gasteiger partial charge in [0, 0.05) is 6.61 Å². The minimum absolute atomic E-state index is 0.175. The summed E-state index contributed by atoms with van der Waals surface area (Å²) in [7, 11) is 0. The molecule has 0 unspecified atom stereocenters. The Hall–Kier alpha value is -0.830. The molecule has 1 atom stereocenters. The monoisotopic (exact) mass is 449 g/mol. The van der Waals surface area contributed by atoms with Crippen LogP contribution in [0.4, 0.5) is 0 Å². The van der Waals surface area contributed by atoms with Gasteiger partial charge < -0.3 is 24.6 Å². The van der Waals surface area contributed by atoms with Crippen LogP contribution < -0.4 is 5.32 Å². The molecule has 1 amide bonds. The summed E-state index contributed by atoms with van der Waals surface area (Å²) in [6.45, 7) is 5.78. The largest absolute Gasteiger partial charge is 0.480 e. The first-order valence-corrected chi connectivity index (χ1v) is 12.0. The van der Waals surface area contributed by atoms with Gasteiger partial charge in [-0.15, -0.1) is 0 Å². The van der Waals surface area contributed by atoms with Crippen LogP contribution >= 0.6 is 12.6 Å². The van der Waals surface area contributed by atoms with Crippen LogP contribution in [0.5, 0.6) is 0 Å². The third kappa shape index (κ3) is 19.2. The smallest absolute Gasteiger partial charge is 0.326 e. The van der Waals surface area contributed by atoms with E-state index in [1.807, 2.05) is 0 Å². The van der Waals surface area contributed by atoms with Gasteiger partial charge in [-0.25, -0.2) is 4.79 Å². The molecule has 0 bridgehead atoms. The maximum absolute atomic E-state index is 11.7. The van der Waals surface area contributed by atoms with Gasteiger partial charge in [0.2, 0.25) is 5.91 Å². The maximum atomic E-state index is 11.7. The van der Waals surface area contributed by atoms with Crippen LogP contribution in [0.15, 0.2) is 0 Å². The number of amides is 1. The molecule has 0 saturated carbocycles. The second-order valence-corrected chi connectivity index (χ2v) is 8.26. The fraction of sp³-hybridized carbons (Fsp3) is 0.909. The molecule has 0 heterocycles. The van der Waals surface area contributed by atoms with Crippen molar-refractivity contribution < 1.29 is 28.9 Å². The molecule has 0 saturated heterocycles. The topological polar surface area (TPSA) is 94.1 Å². The van der Waals surface area contributed by atoms with Crippen LogP contribution in [0, 0.1) is 5.92 Å². The molecule has 0 rings (SSSR count). The minimum atomic E-state index is -1.04. The van der Waals surface area contributed by atoms with Crippen LogP contribution in [0.3, 0.4) is 0 Å². The number of thiol groups is 1. The summed E-state index contributed by atoms with van der Waals surface area (Å²) in [5, 5.41) is 11.5. The van der Waals surface area contributed by atoms with Gasteiger partial charge in [-0.1, -0.05) is 58.8 Å². The number of aliphatic carboxylic acids is 1. The zero-order valence-electron chi connectivity index (χ0n) is 18.9. The molecule has 8 heteroatoms. The summed E-state index contributed by atoms with van der Waals surface area (Å²) >= 11 is 4.22. The fourth-order valence-corrected chi connectivity index (χ4v) is 3.11. The Morgan fingerprint density at radius 2 is 1.23 bits per heavy atom. The average Bonchev–Trinajstić information content (AvgIpc) is 2.70. The number of carboxylic acid groups (broad SMARTS) is 1. The molecule has 0 aliphatic rings. The van der Waals surface area contributed by atoms with Gasteiger partial charge in [0.25, 0.3) is 0 Å². The quantitative estimate of drug-likeness (QED) is 0.172. The van der Waals surface area contributed by atoms with Crippen molar-refractivity contribution in [2.45, 2.75) is 77.7 Å². The lowest BCUT2D eigenvalue weighted by molar-refractivity contribution is -0.144. The number of carbonyl (C=O) groups excluding carboxylic acids is 1. The van der Waals surface area contributed by atoms with E-state index in [-0.39, 0.29) is 19.1 Å². The second kappa shape index (κ2) is 21.4. The Balaban J connectivity index is 3.30. The normalized spacial score (nSPS) is 12.3. The molecule has 0 aromatic heterocycles. The van der Waals surface area contributed by atoms with Crippen LogP contribution in [0.25, 0.3) is 0 Å². The molecule has 0 aliphatic carbocycles. The van der Waals surface area contributed by atoms with E-state index in [0.29, 0.717) is 19.8 Å². The van der Waals surface area contributed by atoms with Crippen molar-refractivity contribution in [3.05, 3.63) is 0 Å². The molecule has 0 fully saturated rings. The van der Waals surface area contributed by atoms with Crippen molar-refractivity contribution >= 4 is 24.5 Å². The summed E-state index contributed by atoms with van der Waals surface area (Å²) in [6, 6.07) is -0.900. The van der Waals surface area contributed by atoms with Crippen LogP contribution in [0.1, 0.15) is 71.6 Å². The number of carbonyl (C=O) groups is 2. The molecule has 2 N–H and O–H groups in total. The maximum Gasteiger partial charge on any atom is 0.326 e. The highest BCUT2D eigenvalue weighted by Crippen LogP contribution is 2.10. The van der Waals surface area contributed by atoms with E-state index < -0.39 is 17.9 Å². The van der Waals surface area contributed by atoms with Gasteiger partial charge in [-0.2, -0.15) is 12.6 Å². The lowest BCUT2D eigenvalue weighted by Gasteiger charge is -2.17. The SMILES string of the molecule is CC(C)[C@H](NC(=O)COCCOCCOCCCCCCCCCCCS)C(=O)O. The van der Waals surface area contributed by atoms with E-state index in [2.05, 4.69) is 17.9 Å². The molecule has 0 spiro atoms. The second-order valence-electron chi connectivity index (χ2n) is 7.81. The number of hydrogen-bond donors (Lipinski definition) is 3. The zero-order valence-corrected chi connectivity index (χ0v) is 19.8. The molecule has 7 nitrogen and oxygen atoms in total. The Bertz CT molecular complexity index is 422. The standard InChI is InChI=1S/C22H43NO6S/c1-19(2)21(22(25)26)23-20(24)18-29-16-15-28-14-13-27-12-10-8-6-4-3-5-7-9-11-17-30/h19,21,30H,3-18H2,1-2H3,(H,23,24)(H,25,26)/t21-/m0/s1. The average molecular weight is 450 g/mol. The Labute approximate surface area is 188 Å². The highest BCUT2D eigenvalue weighted by Gasteiger charge is 2.23. The van der Waals surface area contributed by atoms with E-state index in [0.717, 1.165) is 18.8 Å². The van der Waals surface area contributed by atoms with Crippen molar-refractivity contribution in [2.24, 2.45) is 5.92 Å². The van der Waals surface area contributed by atoms with Crippen molar-refractivity contribution in [3.63, 3.8) is 0 Å². The molecule has 178 valence electrons. The van der Waals surface area contributed by atoms with Crippen molar-refractivity contribution in [2.75, 3.05) is 45.4 Å². The number of unbranched alkanes of at least 4 members (excludes halogenated alkanes) is 8. The predicted octanol–water partition coefficient (Wildman–Crippen LogP) is 3.70. The van der Waals surface area contributed by atoms with Gasteiger partial charge >= 0.3 is 5.97 Å². The fourth-order valence-electron chi connectivity index (χ4n) is 2.89. The molecule has 0 aromatic rings. The number of ether oxygens (including phenoxy) is 3. The van der Waals surface area contributed by atoms with Crippen LogP contribution in [-0.4, -0.2) is 68.4 Å². The van der Waals surface area contributed by atoms with Crippen molar-refractivity contribution in [3.8, 4) is 0 Å². The Morgan fingerprint density at radius 1 is 0.767 bits per heavy atom. The van der Waals surface area contributed by atoms with E-state index in [1.54, 1.807) is 13.8 Å². The number of hydrogen-bond acceptors (Lipinski definition) is 6. The van der Waals surface area contributed by atoms with Gasteiger partial charge in [0.05, 0.1) is 26.4 Å². The predicted molar refractivity (Wildman–Crippen MR) is 122 cm³/mol. The number of rotatable bonds is 22. The van der Waals surface area contributed by atoms with Crippen LogP contribution in [-0.2, 0) is 23.8 Å². The summed E-state index contributed by atoms with van der Waals surface area (Å²) in [5.41, 5.74) is 0. The summed E-state index contributed by atoms with van der Waals surface area (Å²) in [5.74, 6) is -0.662. The number of carboxylic acids is 1. The highest BCUT2D eigenvalue weighted by molar-refractivity contribution is 7.80. The van der Waals surface area contributed by atoms with Gasteiger partial charge in [0.1, 0.15) is 12.6 Å². The Morgan fingerprint density at radius 3 is 1.73 bits per heavy atom. The first kappa shape index (κ1) is 29.2. The first-order valence-electron chi connectivity index (χ1n) is 11.3. The van der Waals surface area contributed by atoms with Crippen LogP contribution in [0.2, 0.25) is 0 Å². The summed E-state index contributed by atoms with van der Waals surface area (Å²) < 4.78 is 16.1. The van der Waals surface area contributed by atoms with E-state index >= 15 is 0 Å². The molecule has 0 aromatic carbocycles. The van der Waals surface area contributed by atoms with Crippen molar-refractivity contribution in [1.29, 1.82) is 0 Å². The van der Waals surface area contributed by atoms with Gasteiger partial charge in [-0.05, 0) is 24.5 Å². The van der Waals surface area contributed by atoms with E-state index in [4.69, 9.17) is 19.3 Å². The lowest BCUT2D eigenvalue weighted by atomic mass is 10.1. The summed E-state index contributed by atoms with van der Waals surface area (Å²) in [4.78, 5) is 22.7. The van der Waals surface area contributed by atoms with E-state index in [9.17, 15) is 9.59 Å². The molecular formula is C22H43NO6S. The number of nitrogens with one attached hydrogen (secondary N) is 1.